The van der Waals surface area contributed by atoms with Gasteiger partial charge in [0.15, 0.2) is 0 Å². The maximum absolute atomic E-state index is 13.0. The highest BCUT2D eigenvalue weighted by atomic mass is 35.5. The minimum atomic E-state index is -0.969. The van der Waals surface area contributed by atoms with Crippen LogP contribution in [-0.2, 0) is 11.2 Å². The second-order valence-corrected chi connectivity index (χ2v) is 5.34. The van der Waals surface area contributed by atoms with Crippen LogP contribution in [0.5, 0.6) is 0 Å². The molecule has 0 spiro atoms. The topological polar surface area (TPSA) is 66.0 Å². The number of carboxylic acid groups (broad SMARTS) is 1. The molecule has 0 saturated carbocycles. The summed E-state index contributed by atoms with van der Waals surface area (Å²) >= 11 is 0. The maximum atomic E-state index is 13.0. The SMILES string of the molecule is Cl.O=C(O)/C=C/c1ccc(Cc2ncc(-c3ccc(F)cc3)[nH]2)cc1. The average molecular weight is 359 g/mol. The van der Waals surface area contributed by atoms with Gasteiger partial charge in [0, 0.05) is 12.5 Å². The van der Waals surface area contributed by atoms with E-state index < -0.39 is 5.97 Å². The van der Waals surface area contributed by atoms with E-state index >= 15 is 0 Å². The molecule has 2 N–H and O–H groups in total. The molecule has 4 nitrogen and oxygen atoms in total. The molecule has 25 heavy (non-hydrogen) atoms. The maximum Gasteiger partial charge on any atom is 0.328 e. The predicted octanol–water partition coefficient (Wildman–Crippen LogP) is 4.33. The average Bonchev–Trinajstić information content (AvgIpc) is 3.03. The molecule has 3 rings (SSSR count). The fourth-order valence-electron chi connectivity index (χ4n) is 2.34. The zero-order chi connectivity index (χ0) is 16.9. The highest BCUT2D eigenvalue weighted by molar-refractivity contribution is 5.85. The van der Waals surface area contributed by atoms with Gasteiger partial charge in [-0.3, -0.25) is 0 Å². The van der Waals surface area contributed by atoms with Crippen LogP contribution in [0.4, 0.5) is 4.39 Å². The number of imidazole rings is 1. The molecular weight excluding hydrogens is 343 g/mol. The van der Waals surface area contributed by atoms with Gasteiger partial charge in [0.25, 0.3) is 0 Å². The van der Waals surface area contributed by atoms with Gasteiger partial charge >= 0.3 is 5.97 Å². The van der Waals surface area contributed by atoms with E-state index in [0.717, 1.165) is 34.3 Å². The number of rotatable bonds is 5. The second-order valence-electron chi connectivity index (χ2n) is 5.34. The van der Waals surface area contributed by atoms with Crippen LogP contribution < -0.4 is 0 Å². The Kier molecular flexibility index (Phi) is 6.08. The lowest BCUT2D eigenvalue weighted by molar-refractivity contribution is -0.131. The number of carbonyl (C=O) groups is 1. The molecule has 1 aromatic heterocycles. The summed E-state index contributed by atoms with van der Waals surface area (Å²) in [6.07, 6.45) is 5.01. The van der Waals surface area contributed by atoms with Crippen LogP contribution in [0, 0.1) is 5.82 Å². The largest absolute Gasteiger partial charge is 0.478 e. The molecule has 0 fully saturated rings. The van der Waals surface area contributed by atoms with Crippen LogP contribution in [0.2, 0.25) is 0 Å². The number of nitrogens with one attached hydrogen (secondary N) is 1. The third-order valence-corrected chi connectivity index (χ3v) is 3.55. The third-order valence-electron chi connectivity index (χ3n) is 3.55. The standard InChI is InChI=1S/C19H15FN2O2.ClH/c20-16-8-6-15(7-9-16)17-12-21-18(22-17)11-14-3-1-13(2-4-14)5-10-19(23)24;/h1-10,12H,11H2,(H,21,22)(H,23,24);1H/b10-5+;. The minimum absolute atomic E-state index is 0. The summed E-state index contributed by atoms with van der Waals surface area (Å²) in [5.74, 6) is -0.429. The van der Waals surface area contributed by atoms with Crippen molar-refractivity contribution in [3.8, 4) is 11.3 Å². The van der Waals surface area contributed by atoms with Crippen molar-refractivity contribution in [3.05, 3.63) is 83.6 Å². The molecule has 6 heteroatoms. The zero-order valence-corrected chi connectivity index (χ0v) is 14.0. The summed E-state index contributed by atoms with van der Waals surface area (Å²) in [7, 11) is 0. The molecule has 1 heterocycles. The Bertz CT molecular complexity index is 871. The first-order valence-electron chi connectivity index (χ1n) is 7.40. The Labute approximate surface area is 150 Å². The Balaban J connectivity index is 0.00000225. The van der Waals surface area contributed by atoms with E-state index in [1.165, 1.54) is 12.1 Å². The van der Waals surface area contributed by atoms with Gasteiger partial charge in [-0.05, 0) is 47.0 Å². The third kappa shape index (κ3) is 5.02. The molecule has 0 bridgehead atoms. The first-order chi connectivity index (χ1) is 11.6. The molecule has 0 aliphatic heterocycles. The number of H-pyrrole nitrogens is 1. The summed E-state index contributed by atoms with van der Waals surface area (Å²) in [6, 6.07) is 13.8. The van der Waals surface area contributed by atoms with E-state index in [4.69, 9.17) is 5.11 Å². The molecule has 0 saturated heterocycles. The van der Waals surface area contributed by atoms with Gasteiger partial charge in [-0.2, -0.15) is 0 Å². The van der Waals surface area contributed by atoms with E-state index in [9.17, 15) is 9.18 Å². The molecule has 3 aromatic rings. The lowest BCUT2D eigenvalue weighted by atomic mass is 10.1. The fraction of sp³-hybridized carbons (Fsp3) is 0.0526. The van der Waals surface area contributed by atoms with Crippen LogP contribution in [0.15, 0.2) is 60.8 Å². The van der Waals surface area contributed by atoms with Crippen molar-refractivity contribution in [2.75, 3.05) is 0 Å². The Morgan fingerprint density at radius 1 is 1.12 bits per heavy atom. The summed E-state index contributed by atoms with van der Waals surface area (Å²) in [4.78, 5) is 18.1. The number of nitrogens with zero attached hydrogens (tertiary/aromatic N) is 1. The number of halogens is 2. The van der Waals surface area contributed by atoms with Crippen molar-refractivity contribution in [3.63, 3.8) is 0 Å². The monoisotopic (exact) mass is 358 g/mol. The second kappa shape index (κ2) is 8.26. The number of aliphatic carboxylic acids is 1. The molecular formula is C19H16ClFN2O2. The highest BCUT2D eigenvalue weighted by Gasteiger charge is 2.05. The van der Waals surface area contributed by atoms with Crippen LogP contribution >= 0.6 is 12.4 Å². The van der Waals surface area contributed by atoms with Crippen LogP contribution in [0.3, 0.4) is 0 Å². The van der Waals surface area contributed by atoms with Gasteiger partial charge in [0.05, 0.1) is 11.9 Å². The van der Waals surface area contributed by atoms with Crippen molar-refractivity contribution in [1.29, 1.82) is 0 Å². The van der Waals surface area contributed by atoms with Gasteiger partial charge in [0.2, 0.25) is 0 Å². The molecule has 0 atom stereocenters. The first-order valence-corrected chi connectivity index (χ1v) is 7.40. The van der Waals surface area contributed by atoms with Crippen molar-refractivity contribution in [2.45, 2.75) is 6.42 Å². The Hall–Kier alpha value is -2.92. The van der Waals surface area contributed by atoms with E-state index in [0.29, 0.717) is 6.42 Å². The molecule has 0 aliphatic carbocycles. The van der Waals surface area contributed by atoms with Gasteiger partial charge in [-0.15, -0.1) is 12.4 Å². The van der Waals surface area contributed by atoms with Gasteiger partial charge in [-0.25, -0.2) is 14.2 Å². The number of carboxylic acids is 1. The lowest BCUT2D eigenvalue weighted by Crippen LogP contribution is -1.91. The van der Waals surface area contributed by atoms with Crippen molar-refractivity contribution < 1.29 is 14.3 Å². The Morgan fingerprint density at radius 2 is 1.80 bits per heavy atom. The smallest absolute Gasteiger partial charge is 0.328 e. The van der Waals surface area contributed by atoms with E-state index in [1.807, 2.05) is 24.3 Å². The number of aromatic nitrogens is 2. The highest BCUT2D eigenvalue weighted by Crippen LogP contribution is 2.18. The molecule has 0 radical (unpaired) electrons. The summed E-state index contributed by atoms with van der Waals surface area (Å²) < 4.78 is 13.0. The summed E-state index contributed by atoms with van der Waals surface area (Å²) in [5, 5.41) is 8.62. The minimum Gasteiger partial charge on any atom is -0.478 e. The van der Waals surface area contributed by atoms with Crippen LogP contribution in [0.1, 0.15) is 17.0 Å². The van der Waals surface area contributed by atoms with Gasteiger partial charge in [0.1, 0.15) is 11.6 Å². The Morgan fingerprint density at radius 3 is 2.44 bits per heavy atom. The zero-order valence-electron chi connectivity index (χ0n) is 13.1. The normalized spacial score (nSPS) is 10.6. The molecule has 2 aromatic carbocycles. The summed E-state index contributed by atoms with van der Waals surface area (Å²) in [5.41, 5.74) is 3.60. The van der Waals surface area contributed by atoms with Crippen LogP contribution in [0.25, 0.3) is 17.3 Å². The van der Waals surface area contributed by atoms with Gasteiger partial charge in [-0.1, -0.05) is 24.3 Å². The number of benzene rings is 2. The predicted molar refractivity (Wildman–Crippen MR) is 97.1 cm³/mol. The van der Waals surface area contributed by atoms with Crippen molar-refractivity contribution in [2.24, 2.45) is 0 Å². The number of hydrogen-bond acceptors (Lipinski definition) is 2. The first kappa shape index (κ1) is 18.4. The molecule has 0 aliphatic rings. The van der Waals surface area contributed by atoms with E-state index in [-0.39, 0.29) is 18.2 Å². The summed E-state index contributed by atoms with van der Waals surface area (Å²) in [6.45, 7) is 0. The molecule has 0 unspecified atom stereocenters. The quantitative estimate of drug-likeness (QED) is 0.667. The molecule has 128 valence electrons. The number of aromatic amines is 1. The van der Waals surface area contributed by atoms with Gasteiger partial charge < -0.3 is 10.1 Å². The fourth-order valence-corrected chi connectivity index (χ4v) is 2.34. The van der Waals surface area contributed by atoms with Crippen molar-refractivity contribution >= 4 is 24.5 Å². The van der Waals surface area contributed by atoms with E-state index in [2.05, 4.69) is 9.97 Å². The number of hydrogen-bond donors (Lipinski definition) is 2. The lowest BCUT2D eigenvalue weighted by Gasteiger charge is -2.00. The van der Waals surface area contributed by atoms with Crippen molar-refractivity contribution in [1.82, 2.24) is 9.97 Å². The van der Waals surface area contributed by atoms with Crippen LogP contribution in [-0.4, -0.2) is 21.0 Å². The van der Waals surface area contributed by atoms with E-state index in [1.54, 1.807) is 24.4 Å². The molecule has 0 amide bonds.